The number of ether oxygens (including phenoxy) is 1. The Morgan fingerprint density at radius 1 is 1.23 bits per heavy atom. The molecule has 1 N–H and O–H groups in total. The van der Waals surface area contributed by atoms with E-state index in [9.17, 15) is 9.90 Å². The molecule has 0 radical (unpaired) electrons. The maximum atomic E-state index is 13.4. The average molecular weight is 427 g/mol. The fraction of sp³-hybridized carbons (Fsp3) is 0.500. The predicted molar refractivity (Wildman–Crippen MR) is 123 cm³/mol. The second-order valence-corrected chi connectivity index (χ2v) is 8.75. The van der Waals surface area contributed by atoms with Gasteiger partial charge in [-0.25, -0.2) is 0 Å². The minimum absolute atomic E-state index is 0.0748. The van der Waals surface area contributed by atoms with E-state index >= 15 is 0 Å². The second-order valence-electron chi connectivity index (χ2n) is 8.75. The number of benzene rings is 1. The maximum absolute atomic E-state index is 13.4. The van der Waals surface area contributed by atoms with E-state index in [1.54, 1.807) is 17.3 Å². The molecule has 1 aliphatic rings. The number of carbonyl (C=O) groups excluding carboxylic acids is 1. The molecule has 7 heteroatoms. The topological polar surface area (TPSA) is 69.1 Å². The molecule has 7 nitrogen and oxygen atoms in total. The molecule has 3 atom stereocenters. The highest BCUT2D eigenvalue weighted by Gasteiger charge is 2.33. The zero-order chi connectivity index (χ0) is 22.5. The van der Waals surface area contributed by atoms with Crippen LogP contribution in [-0.2, 0) is 6.54 Å². The number of aliphatic hydroxyl groups is 1. The Kier molecular flexibility index (Phi) is 7.51. The van der Waals surface area contributed by atoms with Crippen molar-refractivity contribution < 1.29 is 14.6 Å². The number of likely N-dealkylation sites (N-methyl/N-ethyl adjacent to an activating group) is 1. The number of hydrogen-bond acceptors (Lipinski definition) is 6. The molecule has 1 aliphatic heterocycles. The standard InChI is InChI=1S/C24H34N4O3/c1-17-13-28(18(2)16-29)24(30)21-12-20(26(3)4)6-7-22(21)31-23(17)15-27(5)14-19-8-10-25-11-9-19/h6-12,17-18,23,29H,13-16H2,1-5H3/t17-,18+,23-/m1/s1. The van der Waals surface area contributed by atoms with Crippen LogP contribution in [0.3, 0.4) is 0 Å². The lowest BCUT2D eigenvalue weighted by Gasteiger charge is -2.38. The summed E-state index contributed by atoms with van der Waals surface area (Å²) in [6.45, 7) is 5.95. The van der Waals surface area contributed by atoms with Gasteiger partial charge in [0.25, 0.3) is 5.91 Å². The third-order valence-electron chi connectivity index (χ3n) is 5.86. The minimum atomic E-state index is -0.265. The summed E-state index contributed by atoms with van der Waals surface area (Å²) >= 11 is 0. The molecule has 2 aromatic rings. The SMILES string of the molecule is C[C@@H]1CN([C@@H](C)CO)C(=O)c2cc(N(C)C)ccc2O[C@@H]1CN(C)Cc1ccncc1. The van der Waals surface area contributed by atoms with Gasteiger partial charge in [0.05, 0.1) is 18.2 Å². The highest BCUT2D eigenvalue weighted by molar-refractivity contribution is 5.98. The number of aromatic nitrogens is 1. The number of pyridine rings is 1. The number of amides is 1. The molecule has 0 aliphatic carbocycles. The molecule has 0 saturated heterocycles. The molecule has 31 heavy (non-hydrogen) atoms. The number of hydrogen-bond donors (Lipinski definition) is 1. The van der Waals surface area contributed by atoms with Crippen LogP contribution in [0.4, 0.5) is 5.69 Å². The monoisotopic (exact) mass is 426 g/mol. The Bertz CT molecular complexity index is 874. The fourth-order valence-corrected chi connectivity index (χ4v) is 3.88. The second kappa shape index (κ2) is 10.1. The van der Waals surface area contributed by atoms with Crippen LogP contribution >= 0.6 is 0 Å². The van der Waals surface area contributed by atoms with Gasteiger partial charge in [-0.3, -0.25) is 14.7 Å². The lowest BCUT2D eigenvalue weighted by molar-refractivity contribution is 0.0341. The van der Waals surface area contributed by atoms with Gasteiger partial charge in [0.2, 0.25) is 0 Å². The molecule has 0 bridgehead atoms. The van der Waals surface area contributed by atoms with Crippen LogP contribution in [0.5, 0.6) is 5.75 Å². The summed E-state index contributed by atoms with van der Waals surface area (Å²) in [6, 6.07) is 9.50. The lowest BCUT2D eigenvalue weighted by atomic mass is 9.99. The molecule has 1 aromatic heterocycles. The maximum Gasteiger partial charge on any atom is 0.258 e. The number of fused-ring (bicyclic) bond motifs is 1. The smallest absolute Gasteiger partial charge is 0.258 e. The third-order valence-corrected chi connectivity index (χ3v) is 5.86. The molecular weight excluding hydrogens is 392 g/mol. The van der Waals surface area contributed by atoms with Crippen molar-refractivity contribution in [1.82, 2.24) is 14.8 Å². The Morgan fingerprint density at radius 3 is 2.58 bits per heavy atom. The molecule has 0 saturated carbocycles. The fourth-order valence-electron chi connectivity index (χ4n) is 3.88. The largest absolute Gasteiger partial charge is 0.488 e. The van der Waals surface area contributed by atoms with Crippen LogP contribution in [0.1, 0.15) is 29.8 Å². The summed E-state index contributed by atoms with van der Waals surface area (Å²) in [6.07, 6.45) is 3.50. The van der Waals surface area contributed by atoms with Gasteiger partial charge in [0.15, 0.2) is 0 Å². The first-order chi connectivity index (χ1) is 14.8. The van der Waals surface area contributed by atoms with Crippen molar-refractivity contribution in [2.45, 2.75) is 32.5 Å². The molecule has 0 fully saturated rings. The lowest BCUT2D eigenvalue weighted by Crippen LogP contribution is -2.49. The van der Waals surface area contributed by atoms with Gasteiger partial charge in [-0.05, 0) is 49.9 Å². The zero-order valence-corrected chi connectivity index (χ0v) is 19.2. The van der Waals surface area contributed by atoms with E-state index in [2.05, 4.69) is 23.9 Å². The Morgan fingerprint density at radius 2 is 1.94 bits per heavy atom. The van der Waals surface area contributed by atoms with Crippen LogP contribution in [0.15, 0.2) is 42.7 Å². The average Bonchev–Trinajstić information content (AvgIpc) is 2.75. The van der Waals surface area contributed by atoms with E-state index in [1.807, 2.05) is 56.3 Å². The van der Waals surface area contributed by atoms with Gasteiger partial charge in [0, 0.05) is 57.7 Å². The van der Waals surface area contributed by atoms with Crippen LogP contribution in [0.2, 0.25) is 0 Å². The highest BCUT2D eigenvalue weighted by atomic mass is 16.5. The highest BCUT2D eigenvalue weighted by Crippen LogP contribution is 2.31. The third kappa shape index (κ3) is 5.54. The van der Waals surface area contributed by atoms with Crippen molar-refractivity contribution in [2.75, 3.05) is 45.7 Å². The van der Waals surface area contributed by atoms with Crippen LogP contribution in [-0.4, -0.2) is 78.8 Å². The molecule has 1 amide bonds. The van der Waals surface area contributed by atoms with Crippen molar-refractivity contribution >= 4 is 11.6 Å². The van der Waals surface area contributed by atoms with E-state index in [0.29, 0.717) is 24.4 Å². The van der Waals surface area contributed by atoms with Crippen LogP contribution in [0, 0.1) is 5.92 Å². The molecule has 1 aromatic carbocycles. The number of nitrogens with zero attached hydrogens (tertiary/aromatic N) is 4. The van der Waals surface area contributed by atoms with Gasteiger partial charge in [-0.2, -0.15) is 0 Å². The van der Waals surface area contributed by atoms with Crippen LogP contribution < -0.4 is 9.64 Å². The van der Waals surface area contributed by atoms with Gasteiger partial charge in [-0.1, -0.05) is 6.92 Å². The Hall–Kier alpha value is -2.64. The van der Waals surface area contributed by atoms with E-state index in [4.69, 9.17) is 4.74 Å². The molecular formula is C24H34N4O3. The van der Waals surface area contributed by atoms with Crippen molar-refractivity contribution in [3.8, 4) is 5.75 Å². The molecule has 0 unspecified atom stereocenters. The van der Waals surface area contributed by atoms with Crippen molar-refractivity contribution in [2.24, 2.45) is 5.92 Å². The molecule has 3 rings (SSSR count). The summed E-state index contributed by atoms with van der Waals surface area (Å²) in [4.78, 5) is 23.4. The van der Waals surface area contributed by atoms with Gasteiger partial charge < -0.3 is 19.6 Å². The minimum Gasteiger partial charge on any atom is -0.488 e. The van der Waals surface area contributed by atoms with E-state index in [0.717, 1.165) is 12.2 Å². The first kappa shape index (κ1) is 23.0. The number of anilines is 1. The quantitative estimate of drug-likeness (QED) is 0.734. The first-order valence-electron chi connectivity index (χ1n) is 10.8. The Labute approximate surface area is 185 Å². The molecule has 2 heterocycles. The van der Waals surface area contributed by atoms with Crippen molar-refractivity contribution in [3.05, 3.63) is 53.9 Å². The van der Waals surface area contributed by atoms with Crippen LogP contribution in [0.25, 0.3) is 0 Å². The van der Waals surface area contributed by atoms with E-state index in [1.165, 1.54) is 5.56 Å². The van der Waals surface area contributed by atoms with Gasteiger partial charge in [-0.15, -0.1) is 0 Å². The summed E-state index contributed by atoms with van der Waals surface area (Å²) < 4.78 is 6.44. The summed E-state index contributed by atoms with van der Waals surface area (Å²) in [7, 11) is 5.97. The summed E-state index contributed by atoms with van der Waals surface area (Å²) in [5.74, 6) is 0.592. The summed E-state index contributed by atoms with van der Waals surface area (Å²) in [5.41, 5.74) is 2.67. The number of aliphatic hydroxyl groups excluding tert-OH is 1. The van der Waals surface area contributed by atoms with E-state index in [-0.39, 0.29) is 30.6 Å². The number of carbonyl (C=O) groups is 1. The first-order valence-corrected chi connectivity index (χ1v) is 10.8. The molecule has 168 valence electrons. The van der Waals surface area contributed by atoms with Gasteiger partial charge in [0.1, 0.15) is 11.9 Å². The van der Waals surface area contributed by atoms with Crippen molar-refractivity contribution in [1.29, 1.82) is 0 Å². The normalized spacial score (nSPS) is 20.0. The van der Waals surface area contributed by atoms with E-state index < -0.39 is 0 Å². The Balaban J connectivity index is 1.89. The summed E-state index contributed by atoms with van der Waals surface area (Å²) in [5, 5.41) is 9.77. The van der Waals surface area contributed by atoms with Crippen molar-refractivity contribution in [3.63, 3.8) is 0 Å². The predicted octanol–water partition coefficient (Wildman–Crippen LogP) is 2.50. The molecule has 0 spiro atoms. The number of rotatable bonds is 7. The van der Waals surface area contributed by atoms with Gasteiger partial charge >= 0.3 is 0 Å². The zero-order valence-electron chi connectivity index (χ0n) is 19.2.